The molecule has 6 N–H and O–H groups in total. The van der Waals surface area contributed by atoms with E-state index in [1.54, 1.807) is 0 Å². The van der Waals surface area contributed by atoms with Crippen LogP contribution in [-0.4, -0.2) is 52.1 Å². The minimum absolute atomic E-state index is 0.227. The first-order chi connectivity index (χ1) is 15.9. The molecule has 3 aromatic rings. The molecule has 0 saturated heterocycles. The maximum absolute atomic E-state index is 12.7. The van der Waals surface area contributed by atoms with Crippen LogP contribution in [0.25, 0.3) is 0 Å². The molecule has 0 bridgehead atoms. The molecule has 3 aromatic carbocycles. The summed E-state index contributed by atoms with van der Waals surface area (Å²) in [7, 11) is 0. The van der Waals surface area contributed by atoms with E-state index in [9.17, 15) is 60.5 Å². The Morgan fingerprint density at radius 1 is 0.559 bits per heavy atom. The molecule has 0 aliphatic heterocycles. The first-order valence-corrected chi connectivity index (χ1v) is 8.90. The number of carbonyl (C=O) groups is 2. The molecule has 0 aliphatic rings. The Labute approximate surface area is 187 Å². The number of nitro groups is 2. The van der Waals surface area contributed by atoms with Crippen molar-refractivity contribution in [2.45, 2.75) is 0 Å². The molecular formula is C20H12N2O12. The lowest BCUT2D eigenvalue weighted by atomic mass is 9.96. The molecule has 0 fully saturated rings. The van der Waals surface area contributed by atoms with Crippen molar-refractivity contribution >= 4 is 22.9 Å². The highest BCUT2D eigenvalue weighted by atomic mass is 16.6. The van der Waals surface area contributed by atoms with Crippen LogP contribution in [0.5, 0.6) is 34.5 Å². The predicted molar refractivity (Wildman–Crippen MR) is 109 cm³/mol. The molecule has 0 spiro atoms. The van der Waals surface area contributed by atoms with Crippen LogP contribution in [0.3, 0.4) is 0 Å². The van der Waals surface area contributed by atoms with Gasteiger partial charge < -0.3 is 30.6 Å². The largest absolute Gasteiger partial charge is 0.504 e. The van der Waals surface area contributed by atoms with E-state index in [0.29, 0.717) is 12.1 Å². The number of hydrogen-bond acceptors (Lipinski definition) is 12. The first kappa shape index (κ1) is 23.3. The molecule has 0 unspecified atom stereocenters. The van der Waals surface area contributed by atoms with Crippen molar-refractivity contribution in [1.29, 1.82) is 0 Å². The number of carbonyl (C=O) groups excluding carboxylic acids is 2. The van der Waals surface area contributed by atoms with Gasteiger partial charge in [-0.3, -0.25) is 29.8 Å². The number of phenolic OH excluding ortho intramolecular Hbond substituents is 6. The minimum Gasteiger partial charge on any atom is -0.504 e. The summed E-state index contributed by atoms with van der Waals surface area (Å²) in [5.41, 5.74) is -4.00. The third-order valence-corrected chi connectivity index (χ3v) is 4.75. The Bertz CT molecular complexity index is 1290. The zero-order chi connectivity index (χ0) is 25.5. The highest BCUT2D eigenvalue weighted by Crippen LogP contribution is 2.46. The van der Waals surface area contributed by atoms with Gasteiger partial charge in [-0.1, -0.05) is 24.3 Å². The van der Waals surface area contributed by atoms with E-state index < -0.39 is 78.4 Å². The molecule has 0 aromatic heterocycles. The zero-order valence-corrected chi connectivity index (χ0v) is 16.5. The van der Waals surface area contributed by atoms with Crippen molar-refractivity contribution in [2.75, 3.05) is 0 Å². The van der Waals surface area contributed by atoms with Gasteiger partial charge in [-0.25, -0.2) is 0 Å². The van der Waals surface area contributed by atoms with E-state index in [1.807, 2.05) is 0 Å². The molecular weight excluding hydrogens is 460 g/mol. The summed E-state index contributed by atoms with van der Waals surface area (Å²) in [5.74, 6) is -9.36. The highest BCUT2D eigenvalue weighted by Gasteiger charge is 2.29. The van der Waals surface area contributed by atoms with Crippen LogP contribution in [0, 0.1) is 20.2 Å². The average Bonchev–Trinajstić information content (AvgIpc) is 2.80. The number of ketones is 2. The van der Waals surface area contributed by atoms with Gasteiger partial charge in [-0.05, 0) is 0 Å². The van der Waals surface area contributed by atoms with Gasteiger partial charge in [-0.2, -0.15) is 0 Å². The van der Waals surface area contributed by atoms with Crippen LogP contribution in [0.15, 0.2) is 36.4 Å². The number of rotatable bonds is 6. The number of nitrogens with zero attached hydrogens (tertiary/aromatic N) is 2. The van der Waals surface area contributed by atoms with E-state index in [2.05, 4.69) is 0 Å². The molecule has 14 heteroatoms. The fraction of sp³-hybridized carbons (Fsp3) is 0. The maximum atomic E-state index is 12.7. The van der Waals surface area contributed by atoms with Crippen LogP contribution < -0.4 is 0 Å². The lowest BCUT2D eigenvalue weighted by Crippen LogP contribution is -2.06. The molecule has 0 saturated carbocycles. The standard InChI is InChI=1S/C20H12N2O12/c23-13(9-5-11(21(31)32)17(27)19(29)15(9)25)7-1-2-8(4-3-7)14(24)10-6-12(22(33)34)18(28)20(30)16(10)26/h1-6,25-30H. The SMILES string of the molecule is O=C(c1ccc(C(=O)c2cc([N+](=O)[O-])c(O)c(O)c2O)cc1)c1cc([N+](=O)[O-])c(O)c(O)c1O. The Balaban J connectivity index is 2.01. The second kappa shape index (κ2) is 8.27. The van der Waals surface area contributed by atoms with E-state index >= 15 is 0 Å². The van der Waals surface area contributed by atoms with Gasteiger partial charge in [0.1, 0.15) is 0 Å². The fourth-order valence-corrected chi connectivity index (χ4v) is 2.98. The lowest BCUT2D eigenvalue weighted by Gasteiger charge is -2.09. The lowest BCUT2D eigenvalue weighted by molar-refractivity contribution is -0.386. The van der Waals surface area contributed by atoms with Gasteiger partial charge in [0.15, 0.2) is 23.1 Å². The Hall–Kier alpha value is -5.40. The zero-order valence-electron chi connectivity index (χ0n) is 16.5. The van der Waals surface area contributed by atoms with E-state index in [1.165, 1.54) is 0 Å². The van der Waals surface area contributed by atoms with Gasteiger partial charge in [0, 0.05) is 23.3 Å². The summed E-state index contributed by atoms with van der Waals surface area (Å²) in [4.78, 5) is 45.2. The fourth-order valence-electron chi connectivity index (χ4n) is 2.98. The molecule has 174 valence electrons. The minimum atomic E-state index is -1.28. The number of hydrogen-bond donors (Lipinski definition) is 6. The summed E-state index contributed by atoms with van der Waals surface area (Å²) in [6.07, 6.45) is 0. The monoisotopic (exact) mass is 472 g/mol. The van der Waals surface area contributed by atoms with Crippen LogP contribution in [0.4, 0.5) is 11.4 Å². The maximum Gasteiger partial charge on any atom is 0.315 e. The molecule has 3 rings (SSSR count). The summed E-state index contributed by atoms with van der Waals surface area (Å²) < 4.78 is 0. The first-order valence-electron chi connectivity index (χ1n) is 8.90. The van der Waals surface area contributed by atoms with Crippen molar-refractivity contribution < 1.29 is 50.1 Å². The number of benzene rings is 3. The smallest absolute Gasteiger partial charge is 0.315 e. The van der Waals surface area contributed by atoms with Crippen LogP contribution >= 0.6 is 0 Å². The molecule has 14 nitrogen and oxygen atoms in total. The highest BCUT2D eigenvalue weighted by molar-refractivity contribution is 6.14. The Kier molecular flexibility index (Phi) is 5.66. The number of nitro benzene ring substituents is 2. The van der Waals surface area contributed by atoms with Crippen LogP contribution in [0.2, 0.25) is 0 Å². The molecule has 0 amide bonds. The predicted octanol–water partition coefficient (Wildman–Crippen LogP) is 2.20. The topological polar surface area (TPSA) is 242 Å². The summed E-state index contributed by atoms with van der Waals surface area (Å²) in [6, 6.07) is 5.24. The Morgan fingerprint density at radius 2 is 0.853 bits per heavy atom. The normalized spacial score (nSPS) is 10.6. The second-order valence-electron chi connectivity index (χ2n) is 6.73. The van der Waals surface area contributed by atoms with Crippen molar-refractivity contribution in [3.8, 4) is 34.5 Å². The van der Waals surface area contributed by atoms with Crippen molar-refractivity contribution in [1.82, 2.24) is 0 Å². The summed E-state index contributed by atoms with van der Waals surface area (Å²) >= 11 is 0. The van der Waals surface area contributed by atoms with Gasteiger partial charge in [0.25, 0.3) is 0 Å². The molecule has 0 aliphatic carbocycles. The number of phenols is 6. The van der Waals surface area contributed by atoms with Gasteiger partial charge in [0.2, 0.25) is 23.0 Å². The van der Waals surface area contributed by atoms with Crippen molar-refractivity contribution in [3.63, 3.8) is 0 Å². The van der Waals surface area contributed by atoms with Crippen LogP contribution in [-0.2, 0) is 0 Å². The molecule has 0 atom stereocenters. The molecule has 34 heavy (non-hydrogen) atoms. The van der Waals surface area contributed by atoms with E-state index in [-0.39, 0.29) is 11.1 Å². The van der Waals surface area contributed by atoms with Gasteiger partial charge in [-0.15, -0.1) is 0 Å². The quantitative estimate of drug-likeness (QED) is 0.131. The number of aromatic hydroxyl groups is 6. The third kappa shape index (κ3) is 3.70. The Morgan fingerprint density at radius 3 is 1.12 bits per heavy atom. The van der Waals surface area contributed by atoms with Crippen molar-refractivity contribution in [2.24, 2.45) is 0 Å². The third-order valence-electron chi connectivity index (χ3n) is 4.75. The van der Waals surface area contributed by atoms with Crippen molar-refractivity contribution in [3.05, 3.63) is 78.9 Å². The van der Waals surface area contributed by atoms with Gasteiger partial charge >= 0.3 is 11.4 Å². The van der Waals surface area contributed by atoms with Crippen LogP contribution in [0.1, 0.15) is 31.8 Å². The average molecular weight is 472 g/mol. The second-order valence-corrected chi connectivity index (χ2v) is 6.73. The summed E-state index contributed by atoms with van der Waals surface area (Å²) in [5, 5.41) is 80.3. The molecule has 0 heterocycles. The molecule has 0 radical (unpaired) electrons. The summed E-state index contributed by atoms with van der Waals surface area (Å²) in [6.45, 7) is 0. The van der Waals surface area contributed by atoms with Gasteiger partial charge in [0.05, 0.1) is 21.0 Å². The van der Waals surface area contributed by atoms with E-state index in [0.717, 1.165) is 24.3 Å². The van der Waals surface area contributed by atoms with E-state index in [4.69, 9.17) is 0 Å².